The van der Waals surface area contributed by atoms with Gasteiger partial charge in [0.05, 0.1) is 12.7 Å². The topological polar surface area (TPSA) is 99.2 Å². The molecule has 8 nitrogen and oxygen atoms in total. The van der Waals surface area contributed by atoms with Crippen molar-refractivity contribution in [3.63, 3.8) is 0 Å². The van der Waals surface area contributed by atoms with Crippen molar-refractivity contribution >= 4 is 11.6 Å². The van der Waals surface area contributed by atoms with Crippen LogP contribution < -0.4 is 15.6 Å². The highest BCUT2D eigenvalue weighted by molar-refractivity contribution is 5.91. The maximum Gasteiger partial charge on any atom is 0.274 e. The second kappa shape index (κ2) is 8.62. The predicted molar refractivity (Wildman–Crippen MR) is 111 cm³/mol. The smallest absolute Gasteiger partial charge is 0.274 e. The summed E-state index contributed by atoms with van der Waals surface area (Å²) in [6.45, 7) is -0.288. The summed E-state index contributed by atoms with van der Waals surface area (Å²) in [5.74, 6) is -0.321. The number of halogens is 1. The summed E-state index contributed by atoms with van der Waals surface area (Å²) < 4.78 is 25.6. The van der Waals surface area contributed by atoms with Gasteiger partial charge in [0.1, 0.15) is 23.8 Å². The highest BCUT2D eigenvalue weighted by Gasteiger charge is 2.18. The Morgan fingerprint density at radius 3 is 2.74 bits per heavy atom. The lowest BCUT2D eigenvalue weighted by atomic mass is 10.2. The van der Waals surface area contributed by atoms with Crippen LogP contribution >= 0.6 is 0 Å². The van der Waals surface area contributed by atoms with Gasteiger partial charge in [0.15, 0.2) is 0 Å². The molecule has 2 heterocycles. The molecule has 156 valence electrons. The van der Waals surface area contributed by atoms with Gasteiger partial charge in [0.25, 0.3) is 11.4 Å². The third-order valence-corrected chi connectivity index (χ3v) is 4.46. The molecule has 0 spiro atoms. The minimum absolute atomic E-state index is 0.00914. The highest BCUT2D eigenvalue weighted by Crippen LogP contribution is 2.23. The van der Waals surface area contributed by atoms with Gasteiger partial charge in [-0.2, -0.15) is 4.98 Å². The van der Waals surface area contributed by atoms with E-state index in [1.165, 1.54) is 35.9 Å². The second-order valence-corrected chi connectivity index (χ2v) is 6.52. The number of aromatic nitrogens is 3. The Labute approximate surface area is 175 Å². The quantitative estimate of drug-likeness (QED) is 0.514. The number of pyridine rings is 1. The van der Waals surface area contributed by atoms with E-state index in [0.29, 0.717) is 11.4 Å². The van der Waals surface area contributed by atoms with Gasteiger partial charge >= 0.3 is 0 Å². The van der Waals surface area contributed by atoms with Crippen LogP contribution in [-0.4, -0.2) is 27.7 Å². The Balaban J connectivity index is 1.61. The molecule has 4 aromatic rings. The molecular weight excluding hydrogens is 403 g/mol. The third-order valence-electron chi connectivity index (χ3n) is 4.46. The fraction of sp³-hybridized carbons (Fsp3) is 0.0909. The molecule has 0 fully saturated rings. The van der Waals surface area contributed by atoms with Gasteiger partial charge in [0, 0.05) is 17.8 Å². The summed E-state index contributed by atoms with van der Waals surface area (Å²) in [4.78, 5) is 29.2. The van der Waals surface area contributed by atoms with Gasteiger partial charge in [-0.05, 0) is 30.3 Å². The minimum atomic E-state index is -0.502. The van der Waals surface area contributed by atoms with Crippen molar-refractivity contribution in [2.45, 2.75) is 6.54 Å². The molecule has 1 amide bonds. The summed E-state index contributed by atoms with van der Waals surface area (Å²) in [5, 5.41) is 6.52. The molecule has 0 unspecified atom stereocenters. The molecule has 0 aliphatic carbocycles. The van der Waals surface area contributed by atoms with Crippen molar-refractivity contribution in [2.75, 3.05) is 12.4 Å². The fourth-order valence-electron chi connectivity index (χ4n) is 2.99. The Hall–Kier alpha value is -4.27. The van der Waals surface area contributed by atoms with Gasteiger partial charge < -0.3 is 14.6 Å². The Bertz CT molecular complexity index is 1300. The van der Waals surface area contributed by atoms with Crippen molar-refractivity contribution in [3.8, 4) is 28.7 Å². The largest absolute Gasteiger partial charge is 0.497 e. The molecule has 0 saturated heterocycles. The first-order valence-corrected chi connectivity index (χ1v) is 9.28. The summed E-state index contributed by atoms with van der Waals surface area (Å²) in [5.41, 5.74) is 0.500. The highest BCUT2D eigenvalue weighted by atomic mass is 19.1. The van der Waals surface area contributed by atoms with E-state index in [4.69, 9.17) is 9.26 Å². The number of hydrogen-bond donors (Lipinski definition) is 1. The van der Waals surface area contributed by atoms with Crippen LogP contribution in [0, 0.1) is 5.82 Å². The number of methoxy groups -OCH3 is 1. The maximum atomic E-state index is 14.0. The zero-order valence-electron chi connectivity index (χ0n) is 16.4. The number of carbonyl (C=O) groups excluding carboxylic acids is 1. The average molecular weight is 420 g/mol. The molecule has 0 saturated carbocycles. The van der Waals surface area contributed by atoms with Crippen LogP contribution in [-0.2, 0) is 11.3 Å². The SMILES string of the molecule is COc1cccc(NC(=O)Cn2c(-c3nc(-c4ccccc4F)no3)cccc2=O)c1. The van der Waals surface area contributed by atoms with E-state index in [1.807, 2.05) is 0 Å². The maximum absolute atomic E-state index is 14.0. The van der Waals surface area contributed by atoms with Crippen molar-refractivity contribution in [3.05, 3.63) is 82.9 Å². The van der Waals surface area contributed by atoms with Crippen molar-refractivity contribution in [1.29, 1.82) is 0 Å². The van der Waals surface area contributed by atoms with Gasteiger partial charge in [-0.25, -0.2) is 4.39 Å². The molecule has 0 atom stereocenters. The van der Waals surface area contributed by atoms with Crippen LogP contribution in [0.3, 0.4) is 0 Å². The van der Waals surface area contributed by atoms with Gasteiger partial charge in [-0.15, -0.1) is 0 Å². The Morgan fingerprint density at radius 2 is 1.94 bits per heavy atom. The zero-order chi connectivity index (χ0) is 21.8. The lowest BCUT2D eigenvalue weighted by Gasteiger charge is -2.11. The van der Waals surface area contributed by atoms with Gasteiger partial charge in [-0.3, -0.25) is 14.2 Å². The zero-order valence-corrected chi connectivity index (χ0v) is 16.4. The van der Waals surface area contributed by atoms with Crippen LogP contribution in [0.25, 0.3) is 23.0 Å². The molecule has 4 rings (SSSR count). The van der Waals surface area contributed by atoms with Crippen LogP contribution in [0.2, 0.25) is 0 Å². The normalized spacial score (nSPS) is 10.6. The monoisotopic (exact) mass is 420 g/mol. The molecule has 2 aromatic carbocycles. The van der Waals surface area contributed by atoms with Crippen molar-refractivity contribution in [2.24, 2.45) is 0 Å². The molecule has 0 aliphatic rings. The second-order valence-electron chi connectivity index (χ2n) is 6.52. The molecule has 31 heavy (non-hydrogen) atoms. The number of anilines is 1. The number of benzene rings is 2. The van der Waals surface area contributed by atoms with Crippen LogP contribution in [0.5, 0.6) is 5.75 Å². The summed E-state index contributed by atoms with van der Waals surface area (Å²) >= 11 is 0. The van der Waals surface area contributed by atoms with E-state index in [2.05, 4.69) is 15.5 Å². The lowest BCUT2D eigenvalue weighted by molar-refractivity contribution is -0.116. The van der Waals surface area contributed by atoms with Crippen molar-refractivity contribution in [1.82, 2.24) is 14.7 Å². The first-order valence-electron chi connectivity index (χ1n) is 9.28. The number of ether oxygens (including phenoxy) is 1. The fourth-order valence-corrected chi connectivity index (χ4v) is 2.99. The van der Waals surface area contributed by atoms with Crippen molar-refractivity contribution < 1.29 is 18.4 Å². The van der Waals surface area contributed by atoms with E-state index >= 15 is 0 Å². The van der Waals surface area contributed by atoms with Gasteiger partial charge in [-0.1, -0.05) is 29.4 Å². The third kappa shape index (κ3) is 4.35. The summed E-state index contributed by atoms with van der Waals surface area (Å²) in [6.07, 6.45) is 0. The van der Waals surface area contributed by atoms with Crippen LogP contribution in [0.1, 0.15) is 0 Å². The average Bonchev–Trinajstić information content (AvgIpc) is 3.25. The van der Waals surface area contributed by atoms with E-state index in [-0.39, 0.29) is 29.5 Å². The number of nitrogens with zero attached hydrogens (tertiary/aromatic N) is 3. The van der Waals surface area contributed by atoms with E-state index in [1.54, 1.807) is 42.5 Å². The molecule has 0 bridgehead atoms. The Morgan fingerprint density at radius 1 is 1.13 bits per heavy atom. The lowest BCUT2D eigenvalue weighted by Crippen LogP contribution is -2.28. The number of carbonyl (C=O) groups is 1. The van der Waals surface area contributed by atoms with Gasteiger partial charge in [0.2, 0.25) is 11.7 Å². The van der Waals surface area contributed by atoms with Crippen LogP contribution in [0.4, 0.5) is 10.1 Å². The predicted octanol–water partition coefficient (Wildman–Crippen LogP) is 3.35. The molecule has 0 aliphatic heterocycles. The molecule has 2 aromatic heterocycles. The Kier molecular flexibility index (Phi) is 5.57. The molecule has 9 heteroatoms. The number of amides is 1. The minimum Gasteiger partial charge on any atom is -0.497 e. The molecule has 1 N–H and O–H groups in total. The summed E-state index contributed by atoms with van der Waals surface area (Å²) in [7, 11) is 1.52. The number of hydrogen-bond acceptors (Lipinski definition) is 6. The number of nitrogens with one attached hydrogen (secondary N) is 1. The first-order chi connectivity index (χ1) is 15.0. The van der Waals surface area contributed by atoms with Crippen LogP contribution in [0.15, 0.2) is 76.0 Å². The molecular formula is C22H17FN4O4. The van der Waals surface area contributed by atoms with E-state index in [9.17, 15) is 14.0 Å². The van der Waals surface area contributed by atoms with E-state index < -0.39 is 17.3 Å². The summed E-state index contributed by atoms with van der Waals surface area (Å²) in [6, 6.07) is 17.2. The van der Waals surface area contributed by atoms with E-state index in [0.717, 1.165) is 0 Å². The number of rotatable bonds is 6. The first kappa shape index (κ1) is 20.0. The standard InChI is InChI=1S/C22H17FN4O4/c1-30-15-7-4-6-14(12-15)24-19(28)13-27-18(10-5-11-20(27)29)22-25-21(26-31-22)16-8-2-3-9-17(16)23/h2-12H,13H2,1H3,(H,24,28). The molecule has 0 radical (unpaired) electrons.